The molecule has 0 heterocycles. The van der Waals surface area contributed by atoms with Crippen molar-refractivity contribution >= 4 is 5.91 Å². The van der Waals surface area contributed by atoms with Crippen LogP contribution < -0.4 is 5.43 Å². The van der Waals surface area contributed by atoms with E-state index in [2.05, 4.69) is 10.3 Å². The summed E-state index contributed by atoms with van der Waals surface area (Å²) in [6.07, 6.45) is 0. The van der Waals surface area contributed by atoms with Gasteiger partial charge < -0.3 is 0 Å². The van der Waals surface area contributed by atoms with E-state index in [1.165, 1.54) is 7.11 Å². The minimum Gasteiger partial charge on any atom is -0.289 e. The van der Waals surface area contributed by atoms with Crippen LogP contribution in [-0.2, 0) is 14.6 Å². The molecule has 1 N–H and O–H groups in total. The van der Waals surface area contributed by atoms with Crippen LogP contribution >= 0.6 is 0 Å². The lowest BCUT2D eigenvalue weighted by atomic mass is 9.96. The molecule has 0 bridgehead atoms. The van der Waals surface area contributed by atoms with Gasteiger partial charge in [0, 0.05) is 20.0 Å². The molecule has 0 fully saturated rings. The molecule has 0 spiro atoms. The van der Waals surface area contributed by atoms with Crippen LogP contribution in [-0.4, -0.2) is 38.7 Å². The Labute approximate surface area is 85.3 Å². The van der Waals surface area contributed by atoms with E-state index in [1.807, 2.05) is 13.8 Å². The maximum absolute atomic E-state index is 11.5. The highest BCUT2D eigenvalue weighted by Crippen LogP contribution is 2.11. The first-order valence-corrected chi connectivity index (χ1v) is 4.62. The largest absolute Gasteiger partial charge is 0.289 e. The van der Waals surface area contributed by atoms with Crippen molar-refractivity contribution in [2.75, 3.05) is 27.8 Å². The molecule has 0 aromatic carbocycles. The first-order valence-electron chi connectivity index (χ1n) is 4.62. The molecular weight excluding hydrogens is 184 g/mol. The molecule has 5 heteroatoms. The lowest BCUT2D eigenvalue weighted by molar-refractivity contribution is -0.280. The van der Waals surface area contributed by atoms with Crippen molar-refractivity contribution in [3.05, 3.63) is 0 Å². The van der Waals surface area contributed by atoms with Crippen LogP contribution in [0.2, 0.25) is 0 Å². The van der Waals surface area contributed by atoms with Crippen molar-refractivity contribution in [3.63, 3.8) is 0 Å². The van der Waals surface area contributed by atoms with Gasteiger partial charge in [-0.15, -0.1) is 0 Å². The van der Waals surface area contributed by atoms with E-state index >= 15 is 0 Å². The minimum atomic E-state index is -0.104. The zero-order valence-electron chi connectivity index (χ0n) is 9.53. The first kappa shape index (κ1) is 13.4. The standard InChI is InChI=1S/C9H20N2O3/c1-7(6-14-13-5)8(2)9(12)10-11(3)4/h7-8H,6H2,1-5H3,(H,10,12)/t7?,8-/m1/s1. The number of carbonyl (C=O) groups excluding carboxylic acids is 1. The molecule has 1 unspecified atom stereocenters. The van der Waals surface area contributed by atoms with Crippen molar-refractivity contribution in [3.8, 4) is 0 Å². The van der Waals surface area contributed by atoms with Gasteiger partial charge in [-0.05, 0) is 5.92 Å². The van der Waals surface area contributed by atoms with Crippen molar-refractivity contribution in [1.29, 1.82) is 0 Å². The topological polar surface area (TPSA) is 50.8 Å². The molecule has 1 amide bonds. The van der Waals surface area contributed by atoms with Gasteiger partial charge in [-0.1, -0.05) is 13.8 Å². The van der Waals surface area contributed by atoms with Crippen LogP contribution in [0.15, 0.2) is 0 Å². The van der Waals surface area contributed by atoms with Crippen LogP contribution in [0.25, 0.3) is 0 Å². The predicted octanol–water partition coefficient (Wildman–Crippen LogP) is 0.429. The summed E-state index contributed by atoms with van der Waals surface area (Å²) in [5, 5.41) is 1.63. The fraction of sp³-hybridized carbons (Fsp3) is 0.889. The minimum absolute atomic E-state index is 0.0118. The number of hydrogen-bond acceptors (Lipinski definition) is 4. The van der Waals surface area contributed by atoms with Gasteiger partial charge in [0.1, 0.15) is 0 Å². The van der Waals surface area contributed by atoms with Crippen LogP contribution in [0.4, 0.5) is 0 Å². The summed E-state index contributed by atoms with van der Waals surface area (Å²) in [6.45, 7) is 4.22. The Kier molecular flexibility index (Phi) is 6.44. The van der Waals surface area contributed by atoms with E-state index in [9.17, 15) is 4.79 Å². The fourth-order valence-corrected chi connectivity index (χ4v) is 0.900. The van der Waals surface area contributed by atoms with Gasteiger partial charge in [0.2, 0.25) is 5.91 Å². The van der Waals surface area contributed by atoms with Crippen molar-refractivity contribution < 1.29 is 14.6 Å². The van der Waals surface area contributed by atoms with E-state index in [4.69, 9.17) is 4.89 Å². The summed E-state index contributed by atoms with van der Waals surface area (Å²) in [6, 6.07) is 0. The average molecular weight is 204 g/mol. The zero-order chi connectivity index (χ0) is 11.1. The van der Waals surface area contributed by atoms with Crippen LogP contribution in [0.3, 0.4) is 0 Å². The molecule has 0 aliphatic heterocycles. The summed E-state index contributed by atoms with van der Waals surface area (Å²) >= 11 is 0. The maximum atomic E-state index is 11.5. The molecule has 0 aromatic rings. The molecule has 0 rings (SSSR count). The Hall–Kier alpha value is -0.650. The Balaban J connectivity index is 3.90. The van der Waals surface area contributed by atoms with Gasteiger partial charge in [0.05, 0.1) is 13.7 Å². The Morgan fingerprint density at radius 3 is 2.43 bits per heavy atom. The molecule has 0 aromatic heterocycles. The van der Waals surface area contributed by atoms with Crippen LogP contribution in [0, 0.1) is 11.8 Å². The molecule has 0 aliphatic carbocycles. The number of nitrogens with one attached hydrogen (secondary N) is 1. The average Bonchev–Trinajstić information content (AvgIpc) is 2.11. The molecule has 14 heavy (non-hydrogen) atoms. The second-order valence-electron chi connectivity index (χ2n) is 3.59. The number of hydrogen-bond donors (Lipinski definition) is 1. The normalized spacial score (nSPS) is 15.3. The maximum Gasteiger partial charge on any atom is 0.237 e. The number of nitrogens with zero attached hydrogens (tertiary/aromatic N) is 1. The monoisotopic (exact) mass is 204 g/mol. The van der Waals surface area contributed by atoms with Gasteiger partial charge >= 0.3 is 0 Å². The van der Waals surface area contributed by atoms with Gasteiger partial charge in [-0.3, -0.25) is 10.2 Å². The highest BCUT2D eigenvalue weighted by Gasteiger charge is 2.20. The zero-order valence-corrected chi connectivity index (χ0v) is 9.53. The molecule has 0 aliphatic rings. The molecule has 84 valence electrons. The molecular formula is C9H20N2O3. The van der Waals surface area contributed by atoms with Crippen molar-refractivity contribution in [2.24, 2.45) is 11.8 Å². The second-order valence-corrected chi connectivity index (χ2v) is 3.59. The number of amides is 1. The quantitative estimate of drug-likeness (QED) is 0.503. The summed E-state index contributed by atoms with van der Waals surface area (Å²) in [4.78, 5) is 20.8. The third-order valence-electron chi connectivity index (χ3n) is 2.05. The van der Waals surface area contributed by atoms with Gasteiger partial charge in [0.15, 0.2) is 0 Å². The summed E-state index contributed by atoms with van der Waals surface area (Å²) in [7, 11) is 5.01. The fourth-order valence-electron chi connectivity index (χ4n) is 0.900. The van der Waals surface area contributed by atoms with E-state index < -0.39 is 0 Å². The highest BCUT2D eigenvalue weighted by atomic mass is 17.2. The lowest BCUT2D eigenvalue weighted by Crippen LogP contribution is -2.41. The van der Waals surface area contributed by atoms with Crippen LogP contribution in [0.1, 0.15) is 13.8 Å². The van der Waals surface area contributed by atoms with E-state index in [0.29, 0.717) is 6.61 Å². The first-order chi connectivity index (χ1) is 6.49. The van der Waals surface area contributed by atoms with Gasteiger partial charge in [-0.25, -0.2) is 14.8 Å². The van der Waals surface area contributed by atoms with E-state index in [-0.39, 0.29) is 17.7 Å². The molecule has 0 radical (unpaired) electrons. The summed E-state index contributed by atoms with van der Waals surface area (Å²) in [5.41, 5.74) is 2.70. The second kappa shape index (κ2) is 6.75. The molecule has 0 saturated heterocycles. The van der Waals surface area contributed by atoms with Gasteiger partial charge in [-0.2, -0.15) is 0 Å². The number of carbonyl (C=O) groups is 1. The predicted molar refractivity (Wildman–Crippen MR) is 53.1 cm³/mol. The Morgan fingerprint density at radius 1 is 1.43 bits per heavy atom. The van der Waals surface area contributed by atoms with E-state index in [1.54, 1.807) is 19.1 Å². The molecule has 5 nitrogen and oxygen atoms in total. The Morgan fingerprint density at radius 2 is 2.00 bits per heavy atom. The summed E-state index contributed by atoms with van der Waals surface area (Å²) < 4.78 is 0. The number of rotatable bonds is 6. The smallest absolute Gasteiger partial charge is 0.237 e. The van der Waals surface area contributed by atoms with Crippen molar-refractivity contribution in [2.45, 2.75) is 13.8 Å². The van der Waals surface area contributed by atoms with Gasteiger partial charge in [0.25, 0.3) is 0 Å². The molecule has 0 saturated carbocycles. The third-order valence-corrected chi connectivity index (χ3v) is 2.05. The lowest BCUT2D eigenvalue weighted by Gasteiger charge is -2.20. The molecule has 2 atom stereocenters. The third kappa shape index (κ3) is 5.16. The van der Waals surface area contributed by atoms with Crippen LogP contribution in [0.5, 0.6) is 0 Å². The number of hydrazine groups is 1. The van der Waals surface area contributed by atoms with E-state index in [0.717, 1.165) is 0 Å². The SMILES string of the molecule is COOCC(C)[C@@H](C)C(=O)NN(C)C. The van der Waals surface area contributed by atoms with Crippen molar-refractivity contribution in [1.82, 2.24) is 10.4 Å². The highest BCUT2D eigenvalue weighted by molar-refractivity contribution is 5.77. The Bertz CT molecular complexity index is 173. The summed E-state index contributed by atoms with van der Waals surface area (Å²) in [5.74, 6) is 0.00431.